The van der Waals surface area contributed by atoms with Gasteiger partial charge in [0.1, 0.15) is 5.75 Å². The number of halogens is 1. The van der Waals surface area contributed by atoms with E-state index >= 15 is 0 Å². The van der Waals surface area contributed by atoms with Crippen molar-refractivity contribution in [1.82, 2.24) is 0 Å². The molecule has 0 fully saturated rings. The van der Waals surface area contributed by atoms with Crippen LogP contribution >= 0.6 is 15.9 Å². The Balaban J connectivity index is 2.53. The zero-order valence-electron chi connectivity index (χ0n) is 10.4. The Hall–Kier alpha value is -0.580. The van der Waals surface area contributed by atoms with Crippen molar-refractivity contribution in [3.05, 3.63) is 28.2 Å². The largest absolute Gasteiger partial charge is 0.493 e. The quantitative estimate of drug-likeness (QED) is 0.786. The lowest BCUT2D eigenvalue weighted by atomic mass is 10.1. The molecule has 0 saturated heterocycles. The molecular formula is C13H20BrNO2. The molecule has 0 amide bonds. The molecule has 0 radical (unpaired) electrons. The molecule has 3 nitrogen and oxygen atoms in total. The highest BCUT2D eigenvalue weighted by Crippen LogP contribution is 2.27. The molecular weight excluding hydrogens is 282 g/mol. The lowest BCUT2D eigenvalue weighted by molar-refractivity contribution is 0.130. The van der Waals surface area contributed by atoms with Gasteiger partial charge in [-0.2, -0.15) is 0 Å². The fraction of sp³-hybridized carbons (Fsp3) is 0.538. The molecule has 0 unspecified atom stereocenters. The molecule has 0 saturated carbocycles. The highest BCUT2D eigenvalue weighted by molar-refractivity contribution is 9.10. The topological polar surface area (TPSA) is 44.5 Å². The monoisotopic (exact) mass is 301 g/mol. The molecule has 1 aromatic carbocycles. The average Bonchev–Trinajstić information content (AvgIpc) is 2.28. The lowest BCUT2D eigenvalue weighted by Crippen LogP contribution is -2.09. The van der Waals surface area contributed by atoms with Gasteiger partial charge < -0.3 is 15.2 Å². The minimum atomic E-state index is -0.0232. The first kappa shape index (κ1) is 14.5. The number of hydrogen-bond donors (Lipinski definition) is 1. The number of rotatable bonds is 7. The maximum atomic E-state index is 5.90. The molecule has 4 heteroatoms. The van der Waals surface area contributed by atoms with Gasteiger partial charge in [-0.3, -0.25) is 0 Å². The van der Waals surface area contributed by atoms with Crippen LogP contribution in [-0.2, 0) is 4.74 Å². The highest BCUT2D eigenvalue weighted by atomic mass is 79.9. The highest BCUT2D eigenvalue weighted by Gasteiger charge is 2.08. The van der Waals surface area contributed by atoms with Gasteiger partial charge in [0.15, 0.2) is 0 Å². The Morgan fingerprint density at radius 1 is 1.35 bits per heavy atom. The molecule has 1 rings (SSSR count). The molecule has 0 heterocycles. The first-order valence-corrected chi connectivity index (χ1v) is 6.70. The molecule has 96 valence electrons. The third kappa shape index (κ3) is 5.06. The van der Waals surface area contributed by atoms with E-state index in [9.17, 15) is 0 Å². The summed E-state index contributed by atoms with van der Waals surface area (Å²) in [6, 6.07) is 5.91. The molecule has 0 aromatic heterocycles. The number of benzene rings is 1. The van der Waals surface area contributed by atoms with Crippen LogP contribution in [0.5, 0.6) is 5.75 Å². The summed E-state index contributed by atoms with van der Waals surface area (Å²) in [5.74, 6) is 0.853. The maximum absolute atomic E-state index is 5.90. The summed E-state index contributed by atoms with van der Waals surface area (Å²) in [6.07, 6.45) is 0.888. The predicted octanol–water partition coefficient (Wildman–Crippen LogP) is 3.27. The van der Waals surface area contributed by atoms with Crippen molar-refractivity contribution in [2.45, 2.75) is 26.3 Å². The second-order valence-electron chi connectivity index (χ2n) is 3.87. The van der Waals surface area contributed by atoms with E-state index in [1.54, 1.807) is 0 Å². The van der Waals surface area contributed by atoms with Gasteiger partial charge >= 0.3 is 0 Å². The molecule has 0 aliphatic carbocycles. The van der Waals surface area contributed by atoms with E-state index in [-0.39, 0.29) is 6.04 Å². The summed E-state index contributed by atoms with van der Waals surface area (Å²) in [7, 11) is 0. The normalized spacial score (nSPS) is 12.5. The van der Waals surface area contributed by atoms with Gasteiger partial charge in [-0.05, 0) is 26.0 Å². The minimum Gasteiger partial charge on any atom is -0.493 e. The van der Waals surface area contributed by atoms with Crippen LogP contribution in [0.25, 0.3) is 0 Å². The van der Waals surface area contributed by atoms with E-state index in [1.165, 1.54) is 0 Å². The van der Waals surface area contributed by atoms with E-state index < -0.39 is 0 Å². The second-order valence-corrected chi connectivity index (χ2v) is 4.79. The Morgan fingerprint density at radius 3 is 2.76 bits per heavy atom. The second kappa shape index (κ2) is 7.69. The van der Waals surface area contributed by atoms with Crippen LogP contribution in [0.4, 0.5) is 0 Å². The van der Waals surface area contributed by atoms with E-state index in [0.29, 0.717) is 6.61 Å². The van der Waals surface area contributed by atoms with Crippen LogP contribution in [0, 0.1) is 0 Å². The molecule has 2 N–H and O–H groups in total. The molecule has 0 bridgehead atoms. The van der Waals surface area contributed by atoms with Gasteiger partial charge in [0.25, 0.3) is 0 Å². The Morgan fingerprint density at radius 2 is 2.12 bits per heavy atom. The van der Waals surface area contributed by atoms with Crippen LogP contribution in [0.2, 0.25) is 0 Å². The van der Waals surface area contributed by atoms with Crippen molar-refractivity contribution in [2.75, 3.05) is 19.8 Å². The van der Waals surface area contributed by atoms with Gasteiger partial charge in [0.2, 0.25) is 0 Å². The van der Waals surface area contributed by atoms with Gasteiger partial charge in [0.05, 0.1) is 6.61 Å². The van der Waals surface area contributed by atoms with Crippen LogP contribution in [-0.4, -0.2) is 19.8 Å². The summed E-state index contributed by atoms with van der Waals surface area (Å²) < 4.78 is 12.0. The van der Waals surface area contributed by atoms with E-state index in [4.69, 9.17) is 15.2 Å². The summed E-state index contributed by atoms with van der Waals surface area (Å²) in [6.45, 7) is 6.08. The molecule has 17 heavy (non-hydrogen) atoms. The Labute approximate surface area is 111 Å². The van der Waals surface area contributed by atoms with Crippen molar-refractivity contribution in [2.24, 2.45) is 5.73 Å². The van der Waals surface area contributed by atoms with Gasteiger partial charge in [0, 0.05) is 35.7 Å². The summed E-state index contributed by atoms with van der Waals surface area (Å²) in [5.41, 5.74) is 6.93. The van der Waals surface area contributed by atoms with Crippen molar-refractivity contribution in [3.8, 4) is 5.75 Å². The van der Waals surface area contributed by atoms with Crippen molar-refractivity contribution >= 4 is 15.9 Å². The molecule has 0 aliphatic rings. The van der Waals surface area contributed by atoms with Crippen LogP contribution in [0.1, 0.15) is 31.9 Å². The van der Waals surface area contributed by atoms with Crippen molar-refractivity contribution < 1.29 is 9.47 Å². The fourth-order valence-electron chi connectivity index (χ4n) is 1.50. The smallest absolute Gasteiger partial charge is 0.125 e. The van der Waals surface area contributed by atoms with E-state index in [0.717, 1.165) is 35.4 Å². The Bertz CT molecular complexity index is 342. The maximum Gasteiger partial charge on any atom is 0.125 e. The molecule has 0 spiro atoms. The number of ether oxygens (including phenoxy) is 2. The lowest BCUT2D eigenvalue weighted by Gasteiger charge is -2.14. The standard InChI is InChI=1S/C13H20BrNO2/c1-3-16-7-4-8-17-13-9-11(14)5-6-12(13)10(2)15/h5-6,9-10H,3-4,7-8,15H2,1-2H3/t10-/m0/s1. The van der Waals surface area contributed by atoms with Gasteiger partial charge in [-0.15, -0.1) is 0 Å². The van der Waals surface area contributed by atoms with Crippen molar-refractivity contribution in [1.29, 1.82) is 0 Å². The summed E-state index contributed by atoms with van der Waals surface area (Å²) in [5, 5.41) is 0. The first-order valence-electron chi connectivity index (χ1n) is 5.90. The zero-order chi connectivity index (χ0) is 12.7. The SMILES string of the molecule is CCOCCCOc1cc(Br)ccc1[C@H](C)N. The van der Waals surface area contributed by atoms with Crippen LogP contribution < -0.4 is 10.5 Å². The average molecular weight is 302 g/mol. The fourth-order valence-corrected chi connectivity index (χ4v) is 1.84. The van der Waals surface area contributed by atoms with Gasteiger partial charge in [-0.1, -0.05) is 22.0 Å². The molecule has 1 atom stereocenters. The summed E-state index contributed by atoms with van der Waals surface area (Å²) >= 11 is 3.43. The van der Waals surface area contributed by atoms with E-state index in [1.807, 2.05) is 32.0 Å². The predicted molar refractivity (Wildman–Crippen MR) is 73.3 cm³/mol. The zero-order valence-corrected chi connectivity index (χ0v) is 12.0. The van der Waals surface area contributed by atoms with Gasteiger partial charge in [-0.25, -0.2) is 0 Å². The number of hydrogen-bond acceptors (Lipinski definition) is 3. The van der Waals surface area contributed by atoms with Crippen molar-refractivity contribution in [3.63, 3.8) is 0 Å². The third-order valence-corrected chi connectivity index (χ3v) is 2.85. The third-order valence-electron chi connectivity index (χ3n) is 2.36. The number of nitrogens with two attached hydrogens (primary N) is 1. The minimum absolute atomic E-state index is 0.0232. The summed E-state index contributed by atoms with van der Waals surface area (Å²) in [4.78, 5) is 0. The van der Waals surface area contributed by atoms with E-state index in [2.05, 4.69) is 15.9 Å². The first-order chi connectivity index (χ1) is 8.15. The van der Waals surface area contributed by atoms with Crippen LogP contribution in [0.15, 0.2) is 22.7 Å². The molecule has 0 aliphatic heterocycles. The van der Waals surface area contributed by atoms with Crippen LogP contribution in [0.3, 0.4) is 0 Å². The Kier molecular flexibility index (Phi) is 6.55. The molecule has 1 aromatic rings.